The zero-order valence-electron chi connectivity index (χ0n) is 11.2. The Bertz CT molecular complexity index is 474. The van der Waals surface area contributed by atoms with Gasteiger partial charge in [-0.2, -0.15) is 0 Å². The number of nitrogens with zero attached hydrogens (tertiary/aromatic N) is 1. The van der Waals surface area contributed by atoms with Crippen LogP contribution in [-0.4, -0.2) is 31.8 Å². The molecule has 0 saturated carbocycles. The maximum absolute atomic E-state index is 12.7. The van der Waals surface area contributed by atoms with Gasteiger partial charge in [0, 0.05) is 24.4 Å². The van der Waals surface area contributed by atoms with E-state index in [1.165, 1.54) is 0 Å². The van der Waals surface area contributed by atoms with Crippen LogP contribution in [0.4, 0.5) is 5.69 Å². The number of amides is 1. The fraction of sp³-hybridized carbons (Fsp3) is 0.533. The van der Waals surface area contributed by atoms with E-state index >= 15 is 0 Å². The number of ether oxygens (including phenoxy) is 2. The van der Waals surface area contributed by atoms with Gasteiger partial charge >= 0.3 is 0 Å². The maximum Gasteiger partial charge on any atom is 0.256 e. The van der Waals surface area contributed by atoms with Crippen LogP contribution in [0, 0.1) is 5.92 Å². The summed E-state index contributed by atoms with van der Waals surface area (Å²) in [6.07, 6.45) is 0.661. The van der Waals surface area contributed by atoms with E-state index in [1.54, 1.807) is 0 Å². The molecular formula is C15H19NO3. The first-order valence-corrected chi connectivity index (χ1v) is 6.86. The molecule has 2 atom stereocenters. The summed E-state index contributed by atoms with van der Waals surface area (Å²) in [5, 5.41) is 0. The lowest BCUT2D eigenvalue weighted by molar-refractivity contribution is -0.128. The highest BCUT2D eigenvalue weighted by Gasteiger charge is 2.35. The molecule has 0 spiro atoms. The Labute approximate surface area is 113 Å². The van der Waals surface area contributed by atoms with E-state index in [-0.39, 0.29) is 12.0 Å². The van der Waals surface area contributed by atoms with E-state index in [9.17, 15) is 4.79 Å². The van der Waals surface area contributed by atoms with Crippen LogP contribution in [-0.2, 0) is 20.9 Å². The first-order chi connectivity index (χ1) is 9.27. The molecule has 4 nitrogen and oxygen atoms in total. The number of fused-ring (bicyclic) bond motifs is 1. The summed E-state index contributed by atoms with van der Waals surface area (Å²) in [7, 11) is 0. The molecule has 2 heterocycles. The molecule has 1 amide bonds. The van der Waals surface area contributed by atoms with Crippen molar-refractivity contribution >= 4 is 11.6 Å². The summed E-state index contributed by atoms with van der Waals surface area (Å²) in [6, 6.07) is 7.94. The van der Waals surface area contributed by atoms with Gasteiger partial charge in [-0.25, -0.2) is 0 Å². The van der Waals surface area contributed by atoms with E-state index in [0.717, 1.165) is 17.7 Å². The van der Waals surface area contributed by atoms with Crippen LogP contribution in [0.3, 0.4) is 0 Å². The van der Waals surface area contributed by atoms with Gasteiger partial charge < -0.3 is 14.4 Å². The van der Waals surface area contributed by atoms with Crippen molar-refractivity contribution in [3.63, 3.8) is 0 Å². The topological polar surface area (TPSA) is 38.8 Å². The van der Waals surface area contributed by atoms with Crippen molar-refractivity contribution < 1.29 is 14.3 Å². The molecule has 2 aliphatic heterocycles. The first-order valence-electron chi connectivity index (χ1n) is 6.86. The minimum Gasteiger partial charge on any atom is -0.375 e. The van der Waals surface area contributed by atoms with Gasteiger partial charge in [-0.15, -0.1) is 0 Å². The first kappa shape index (κ1) is 12.6. The van der Waals surface area contributed by atoms with Crippen molar-refractivity contribution in [2.75, 3.05) is 24.7 Å². The van der Waals surface area contributed by atoms with Crippen molar-refractivity contribution in [2.45, 2.75) is 26.1 Å². The number of para-hydroxylation sites is 1. The number of carbonyl (C=O) groups excluding carboxylic acids is 1. The fourth-order valence-corrected chi connectivity index (χ4v) is 2.75. The second-order valence-corrected chi connectivity index (χ2v) is 5.23. The van der Waals surface area contributed by atoms with Crippen molar-refractivity contribution in [1.29, 1.82) is 0 Å². The summed E-state index contributed by atoms with van der Waals surface area (Å²) < 4.78 is 11.2. The molecule has 102 valence electrons. The third kappa shape index (κ3) is 2.38. The maximum atomic E-state index is 12.7. The molecular weight excluding hydrogens is 242 g/mol. The zero-order valence-corrected chi connectivity index (χ0v) is 11.2. The Morgan fingerprint density at radius 1 is 1.32 bits per heavy atom. The van der Waals surface area contributed by atoms with Crippen LogP contribution in [0.15, 0.2) is 24.3 Å². The minimum absolute atomic E-state index is 0.0722. The van der Waals surface area contributed by atoms with E-state index < -0.39 is 0 Å². The van der Waals surface area contributed by atoms with E-state index in [0.29, 0.717) is 32.3 Å². The SMILES string of the molecule is C[C@@H]1CCO[C@@H]1C(=O)N1CCOCc2ccccc21. The quantitative estimate of drug-likeness (QED) is 0.776. The Hall–Kier alpha value is -1.39. The molecule has 4 heteroatoms. The van der Waals surface area contributed by atoms with Gasteiger partial charge in [-0.1, -0.05) is 25.1 Å². The Morgan fingerprint density at radius 3 is 2.95 bits per heavy atom. The van der Waals surface area contributed by atoms with Gasteiger partial charge in [-0.05, 0) is 18.4 Å². The molecule has 0 bridgehead atoms. The number of carbonyl (C=O) groups is 1. The molecule has 0 aromatic heterocycles. The van der Waals surface area contributed by atoms with Gasteiger partial charge in [0.05, 0.1) is 13.2 Å². The van der Waals surface area contributed by atoms with Gasteiger partial charge in [0.1, 0.15) is 6.10 Å². The Kier molecular flexibility index (Phi) is 3.53. The fourth-order valence-electron chi connectivity index (χ4n) is 2.75. The lowest BCUT2D eigenvalue weighted by Crippen LogP contribution is -2.42. The molecule has 1 saturated heterocycles. The lowest BCUT2D eigenvalue weighted by Gasteiger charge is -2.26. The highest BCUT2D eigenvalue weighted by Crippen LogP contribution is 2.28. The summed E-state index contributed by atoms with van der Waals surface area (Å²) >= 11 is 0. The van der Waals surface area contributed by atoms with Gasteiger partial charge in [0.25, 0.3) is 5.91 Å². The zero-order chi connectivity index (χ0) is 13.2. The predicted octanol–water partition coefficient (Wildman–Crippen LogP) is 1.97. The van der Waals surface area contributed by atoms with Crippen LogP contribution < -0.4 is 4.90 Å². The summed E-state index contributed by atoms with van der Waals surface area (Å²) in [4.78, 5) is 14.5. The average Bonchev–Trinajstić information content (AvgIpc) is 2.74. The second kappa shape index (κ2) is 5.31. The van der Waals surface area contributed by atoms with Crippen LogP contribution in [0.1, 0.15) is 18.9 Å². The van der Waals surface area contributed by atoms with Crippen molar-refractivity contribution in [2.24, 2.45) is 5.92 Å². The molecule has 0 radical (unpaired) electrons. The molecule has 0 N–H and O–H groups in total. The smallest absolute Gasteiger partial charge is 0.256 e. The highest BCUT2D eigenvalue weighted by molar-refractivity contribution is 5.97. The standard InChI is InChI=1S/C15H19NO3/c1-11-6-8-19-14(11)15(17)16-7-9-18-10-12-4-2-3-5-13(12)16/h2-5,11,14H,6-10H2,1H3/t11-,14+/m1/s1. The molecule has 0 aliphatic carbocycles. The van der Waals surface area contributed by atoms with Crippen LogP contribution in [0.2, 0.25) is 0 Å². The number of anilines is 1. The third-order valence-corrected chi connectivity index (χ3v) is 3.90. The summed E-state index contributed by atoms with van der Waals surface area (Å²) in [5.74, 6) is 0.367. The second-order valence-electron chi connectivity index (χ2n) is 5.23. The molecule has 1 aromatic rings. The number of rotatable bonds is 1. The highest BCUT2D eigenvalue weighted by atomic mass is 16.5. The third-order valence-electron chi connectivity index (χ3n) is 3.90. The van der Waals surface area contributed by atoms with Gasteiger partial charge in [0.2, 0.25) is 0 Å². The summed E-state index contributed by atoms with van der Waals surface area (Å²) in [5.41, 5.74) is 2.03. The predicted molar refractivity (Wildman–Crippen MR) is 72.0 cm³/mol. The average molecular weight is 261 g/mol. The normalized spacial score (nSPS) is 26.9. The van der Waals surface area contributed by atoms with Crippen molar-refractivity contribution in [1.82, 2.24) is 0 Å². The monoisotopic (exact) mass is 261 g/mol. The summed E-state index contributed by atoms with van der Waals surface area (Å²) in [6.45, 7) is 4.50. The van der Waals surface area contributed by atoms with Crippen molar-refractivity contribution in [3.8, 4) is 0 Å². The molecule has 0 unspecified atom stereocenters. The van der Waals surface area contributed by atoms with E-state index in [1.807, 2.05) is 29.2 Å². The lowest BCUT2D eigenvalue weighted by atomic mass is 10.0. The minimum atomic E-state index is -0.300. The Balaban J connectivity index is 1.89. The van der Waals surface area contributed by atoms with Crippen LogP contribution in [0.5, 0.6) is 0 Å². The molecule has 19 heavy (non-hydrogen) atoms. The van der Waals surface area contributed by atoms with Crippen LogP contribution in [0.25, 0.3) is 0 Å². The Morgan fingerprint density at radius 2 is 2.16 bits per heavy atom. The van der Waals surface area contributed by atoms with Gasteiger partial charge in [0.15, 0.2) is 0 Å². The van der Waals surface area contributed by atoms with Crippen LogP contribution >= 0.6 is 0 Å². The molecule has 3 rings (SSSR count). The molecule has 1 fully saturated rings. The van der Waals surface area contributed by atoms with Crippen molar-refractivity contribution in [3.05, 3.63) is 29.8 Å². The number of hydrogen-bond donors (Lipinski definition) is 0. The molecule has 1 aromatic carbocycles. The molecule has 2 aliphatic rings. The number of hydrogen-bond acceptors (Lipinski definition) is 3. The largest absolute Gasteiger partial charge is 0.375 e. The van der Waals surface area contributed by atoms with E-state index in [4.69, 9.17) is 9.47 Å². The van der Waals surface area contributed by atoms with E-state index in [2.05, 4.69) is 6.92 Å². The van der Waals surface area contributed by atoms with Gasteiger partial charge in [-0.3, -0.25) is 4.79 Å². The number of benzene rings is 1.